The van der Waals surface area contributed by atoms with E-state index in [0.29, 0.717) is 25.3 Å². The summed E-state index contributed by atoms with van der Waals surface area (Å²) in [6, 6.07) is 5.93. The molecule has 24 heavy (non-hydrogen) atoms. The second-order valence-corrected chi connectivity index (χ2v) is 5.88. The SMILES string of the molecule is O=C(CCc1ccccc1OC(F)(F)F)N1CCO[C@H]2CNC[C@H]21. The summed E-state index contributed by atoms with van der Waals surface area (Å²) in [6.45, 7) is 2.41. The molecule has 1 aromatic rings. The van der Waals surface area contributed by atoms with Crippen molar-refractivity contribution in [2.75, 3.05) is 26.2 Å². The van der Waals surface area contributed by atoms with Crippen molar-refractivity contribution in [2.24, 2.45) is 0 Å². The molecule has 2 saturated heterocycles. The highest BCUT2D eigenvalue weighted by Gasteiger charge is 2.38. The van der Waals surface area contributed by atoms with Gasteiger partial charge in [-0.3, -0.25) is 4.79 Å². The van der Waals surface area contributed by atoms with Crippen molar-refractivity contribution in [1.82, 2.24) is 10.2 Å². The summed E-state index contributed by atoms with van der Waals surface area (Å²) < 4.78 is 47.0. The van der Waals surface area contributed by atoms with Gasteiger partial charge in [0.25, 0.3) is 0 Å². The molecule has 1 N–H and O–H groups in total. The molecule has 0 bridgehead atoms. The zero-order valence-corrected chi connectivity index (χ0v) is 13.0. The van der Waals surface area contributed by atoms with Gasteiger partial charge in [0.2, 0.25) is 5.91 Å². The third-order valence-electron chi connectivity index (χ3n) is 4.32. The lowest BCUT2D eigenvalue weighted by molar-refractivity contribution is -0.274. The number of nitrogens with zero attached hydrogens (tertiary/aromatic N) is 1. The van der Waals surface area contributed by atoms with Crippen LogP contribution in [0, 0.1) is 0 Å². The van der Waals surface area contributed by atoms with Crippen molar-refractivity contribution in [1.29, 1.82) is 0 Å². The Morgan fingerprint density at radius 2 is 2.12 bits per heavy atom. The summed E-state index contributed by atoms with van der Waals surface area (Å²) in [6.07, 6.45) is -4.40. The van der Waals surface area contributed by atoms with Crippen LogP contribution in [0.2, 0.25) is 0 Å². The minimum atomic E-state index is -4.74. The lowest BCUT2D eigenvalue weighted by Gasteiger charge is -2.37. The van der Waals surface area contributed by atoms with E-state index in [1.807, 2.05) is 0 Å². The molecule has 2 aliphatic rings. The van der Waals surface area contributed by atoms with Crippen LogP contribution in [0.25, 0.3) is 0 Å². The second-order valence-electron chi connectivity index (χ2n) is 5.88. The van der Waals surface area contributed by atoms with Crippen LogP contribution < -0.4 is 10.1 Å². The van der Waals surface area contributed by atoms with Crippen LogP contribution >= 0.6 is 0 Å². The minimum absolute atomic E-state index is 0.00329. The fourth-order valence-corrected chi connectivity index (χ4v) is 3.22. The molecule has 132 valence electrons. The van der Waals surface area contributed by atoms with E-state index in [-0.39, 0.29) is 36.6 Å². The van der Waals surface area contributed by atoms with E-state index in [0.717, 1.165) is 6.54 Å². The molecule has 8 heteroatoms. The standard InChI is InChI=1S/C16H19F3N2O3/c17-16(18,19)24-13-4-2-1-3-11(13)5-6-15(22)21-7-8-23-14-10-20-9-12(14)21/h1-4,12,14,20H,5-10H2/t12-,14+/m1/s1. The highest BCUT2D eigenvalue weighted by molar-refractivity contribution is 5.77. The maximum atomic E-state index is 12.5. The van der Waals surface area contributed by atoms with Crippen LogP contribution in [0.5, 0.6) is 5.75 Å². The van der Waals surface area contributed by atoms with E-state index >= 15 is 0 Å². The van der Waals surface area contributed by atoms with Gasteiger partial charge in [0, 0.05) is 26.1 Å². The van der Waals surface area contributed by atoms with E-state index in [2.05, 4.69) is 10.1 Å². The average molecular weight is 344 g/mol. The fraction of sp³-hybridized carbons (Fsp3) is 0.562. The first-order chi connectivity index (χ1) is 11.4. The number of hydrogen-bond acceptors (Lipinski definition) is 4. The summed E-state index contributed by atoms with van der Waals surface area (Å²) in [7, 11) is 0. The van der Waals surface area contributed by atoms with Gasteiger partial charge in [-0.2, -0.15) is 0 Å². The third kappa shape index (κ3) is 3.99. The number of aryl methyl sites for hydroxylation is 1. The lowest BCUT2D eigenvalue weighted by atomic mass is 10.1. The summed E-state index contributed by atoms with van der Waals surface area (Å²) in [5, 5.41) is 3.19. The molecular formula is C16H19F3N2O3. The first kappa shape index (κ1) is 17.0. The van der Waals surface area contributed by atoms with Gasteiger partial charge in [0.05, 0.1) is 18.8 Å². The highest BCUT2D eigenvalue weighted by Crippen LogP contribution is 2.27. The summed E-state index contributed by atoms with van der Waals surface area (Å²) >= 11 is 0. The van der Waals surface area contributed by atoms with E-state index < -0.39 is 6.36 Å². The van der Waals surface area contributed by atoms with Gasteiger partial charge >= 0.3 is 6.36 Å². The number of rotatable bonds is 4. The summed E-state index contributed by atoms with van der Waals surface area (Å²) in [5.74, 6) is -0.320. The zero-order valence-electron chi connectivity index (χ0n) is 13.0. The number of para-hydroxylation sites is 1. The summed E-state index contributed by atoms with van der Waals surface area (Å²) in [4.78, 5) is 14.3. The van der Waals surface area contributed by atoms with Gasteiger partial charge in [-0.25, -0.2) is 0 Å². The average Bonchev–Trinajstić information content (AvgIpc) is 3.00. The molecule has 0 aliphatic carbocycles. The Morgan fingerprint density at radius 1 is 1.33 bits per heavy atom. The number of alkyl halides is 3. The fourth-order valence-electron chi connectivity index (χ4n) is 3.22. The van der Waals surface area contributed by atoms with Crippen LogP contribution in [0.1, 0.15) is 12.0 Å². The minimum Gasteiger partial charge on any atom is -0.406 e. The molecule has 2 aliphatic heterocycles. The van der Waals surface area contributed by atoms with E-state index in [1.165, 1.54) is 12.1 Å². The topological polar surface area (TPSA) is 50.8 Å². The first-order valence-electron chi connectivity index (χ1n) is 7.89. The molecule has 3 rings (SSSR count). The number of hydrogen-bond donors (Lipinski definition) is 1. The van der Waals surface area contributed by atoms with Crippen molar-refractivity contribution in [2.45, 2.75) is 31.3 Å². The van der Waals surface area contributed by atoms with Crippen molar-refractivity contribution in [3.05, 3.63) is 29.8 Å². The molecule has 1 aromatic carbocycles. The number of morpholine rings is 1. The van der Waals surface area contributed by atoms with Gasteiger partial charge in [0.15, 0.2) is 0 Å². The molecule has 5 nitrogen and oxygen atoms in total. The Kier molecular flexibility index (Phi) is 4.96. The lowest BCUT2D eigenvalue weighted by Crippen LogP contribution is -2.53. The molecule has 0 radical (unpaired) electrons. The van der Waals surface area contributed by atoms with Gasteiger partial charge in [0.1, 0.15) is 5.75 Å². The van der Waals surface area contributed by atoms with Crippen LogP contribution in [0.4, 0.5) is 13.2 Å². The first-order valence-corrected chi connectivity index (χ1v) is 7.89. The monoisotopic (exact) mass is 344 g/mol. The molecule has 0 saturated carbocycles. The normalized spacial score (nSPS) is 23.9. The van der Waals surface area contributed by atoms with Crippen molar-refractivity contribution >= 4 is 5.91 Å². The number of carbonyl (C=O) groups is 1. The van der Waals surface area contributed by atoms with E-state index in [1.54, 1.807) is 17.0 Å². The Bertz CT molecular complexity index is 594. The number of nitrogens with one attached hydrogen (secondary N) is 1. The Morgan fingerprint density at radius 3 is 2.92 bits per heavy atom. The third-order valence-corrected chi connectivity index (χ3v) is 4.32. The van der Waals surface area contributed by atoms with Crippen LogP contribution in [-0.4, -0.2) is 55.6 Å². The highest BCUT2D eigenvalue weighted by atomic mass is 19.4. The Labute approximate surface area is 137 Å². The number of benzene rings is 1. The van der Waals surface area contributed by atoms with Crippen molar-refractivity contribution < 1.29 is 27.4 Å². The maximum absolute atomic E-state index is 12.5. The zero-order chi connectivity index (χ0) is 17.2. The quantitative estimate of drug-likeness (QED) is 0.904. The van der Waals surface area contributed by atoms with Gasteiger partial charge < -0.3 is 19.7 Å². The molecule has 2 atom stereocenters. The number of carbonyl (C=O) groups excluding carboxylic acids is 1. The predicted octanol–water partition coefficient (Wildman–Crippen LogP) is 1.72. The van der Waals surface area contributed by atoms with Crippen molar-refractivity contribution in [3.63, 3.8) is 0 Å². The number of halogens is 3. The van der Waals surface area contributed by atoms with Gasteiger partial charge in [-0.15, -0.1) is 13.2 Å². The second kappa shape index (κ2) is 6.98. The Balaban J connectivity index is 1.62. The van der Waals surface area contributed by atoms with Gasteiger partial charge in [-0.1, -0.05) is 18.2 Å². The number of amides is 1. The molecule has 0 aromatic heterocycles. The number of fused-ring (bicyclic) bond motifs is 1. The van der Waals surface area contributed by atoms with Crippen LogP contribution in [0.15, 0.2) is 24.3 Å². The molecule has 0 spiro atoms. The van der Waals surface area contributed by atoms with Crippen LogP contribution in [0.3, 0.4) is 0 Å². The smallest absolute Gasteiger partial charge is 0.406 e. The van der Waals surface area contributed by atoms with Gasteiger partial charge in [-0.05, 0) is 18.1 Å². The molecule has 2 heterocycles. The number of ether oxygens (including phenoxy) is 2. The molecule has 2 fully saturated rings. The molecular weight excluding hydrogens is 325 g/mol. The molecule has 0 unspecified atom stereocenters. The maximum Gasteiger partial charge on any atom is 0.573 e. The Hall–Kier alpha value is -1.80. The van der Waals surface area contributed by atoms with E-state index in [9.17, 15) is 18.0 Å². The summed E-state index contributed by atoms with van der Waals surface area (Å²) in [5.41, 5.74) is 0.373. The van der Waals surface area contributed by atoms with E-state index in [4.69, 9.17) is 4.74 Å². The van der Waals surface area contributed by atoms with Crippen LogP contribution in [-0.2, 0) is 16.0 Å². The predicted molar refractivity (Wildman–Crippen MR) is 79.6 cm³/mol. The molecule has 1 amide bonds. The largest absolute Gasteiger partial charge is 0.573 e. The van der Waals surface area contributed by atoms with Crippen molar-refractivity contribution in [3.8, 4) is 5.75 Å².